The normalized spacial score (nSPS) is 12.9. The molecule has 0 fully saturated rings. The van der Waals surface area contributed by atoms with Gasteiger partial charge in [-0.1, -0.05) is 60.6 Å². The van der Waals surface area contributed by atoms with Crippen molar-refractivity contribution in [2.45, 2.75) is 72.1 Å². The molecule has 3 N–H and O–H groups in total. The van der Waals surface area contributed by atoms with Gasteiger partial charge in [0.1, 0.15) is 12.4 Å². The van der Waals surface area contributed by atoms with E-state index >= 15 is 0 Å². The van der Waals surface area contributed by atoms with E-state index in [4.69, 9.17) is 4.74 Å². The Morgan fingerprint density at radius 3 is 1.74 bits per heavy atom. The van der Waals surface area contributed by atoms with Crippen LogP contribution < -0.4 is 0 Å². The molecule has 0 saturated carbocycles. The predicted octanol–water partition coefficient (Wildman–Crippen LogP) is 3.45. The number of phenols is 1. The number of esters is 1. The van der Waals surface area contributed by atoms with Gasteiger partial charge in [0.2, 0.25) is 0 Å². The molecule has 5 nitrogen and oxygen atoms in total. The second kappa shape index (κ2) is 8.61. The summed E-state index contributed by atoms with van der Waals surface area (Å²) in [6.07, 6.45) is 0.700. The molecular weight excluding hydrogens is 344 g/mol. The fraction of sp³-hybridized carbons (Fsp3) is 0.682. The summed E-state index contributed by atoms with van der Waals surface area (Å²) in [7, 11) is 0. The number of ether oxygens (including phenoxy) is 1. The average molecular weight is 381 g/mol. The molecule has 0 aliphatic carbocycles. The first-order chi connectivity index (χ1) is 12.2. The Bertz CT molecular complexity index is 611. The quantitative estimate of drug-likeness (QED) is 0.631. The lowest BCUT2D eigenvalue weighted by molar-refractivity contribution is -0.148. The lowest BCUT2D eigenvalue weighted by Gasteiger charge is -2.28. The number of aliphatic hydroxyl groups is 2. The molecule has 0 spiro atoms. The Morgan fingerprint density at radius 2 is 1.37 bits per heavy atom. The average Bonchev–Trinajstić information content (AvgIpc) is 2.56. The Labute approximate surface area is 163 Å². The summed E-state index contributed by atoms with van der Waals surface area (Å²) >= 11 is 0. The van der Waals surface area contributed by atoms with Gasteiger partial charge in [0, 0.05) is 11.8 Å². The number of hydrogen-bond donors (Lipinski definition) is 3. The van der Waals surface area contributed by atoms with Gasteiger partial charge in [0.15, 0.2) is 0 Å². The number of phenolic OH excluding ortho intramolecular Hbond substituents is 1. The van der Waals surface area contributed by atoms with E-state index in [2.05, 4.69) is 41.5 Å². The topological polar surface area (TPSA) is 87.0 Å². The maximum Gasteiger partial charge on any atom is 0.306 e. The molecule has 0 saturated heterocycles. The smallest absolute Gasteiger partial charge is 0.306 e. The minimum Gasteiger partial charge on any atom is -0.507 e. The third-order valence-corrected chi connectivity index (χ3v) is 4.75. The lowest BCUT2D eigenvalue weighted by Crippen LogP contribution is -2.32. The van der Waals surface area contributed by atoms with Crippen LogP contribution in [0.1, 0.15) is 71.6 Å². The van der Waals surface area contributed by atoms with Gasteiger partial charge >= 0.3 is 5.97 Å². The second-order valence-electron chi connectivity index (χ2n) is 9.83. The monoisotopic (exact) mass is 380 g/mol. The zero-order valence-electron chi connectivity index (χ0n) is 17.8. The van der Waals surface area contributed by atoms with E-state index < -0.39 is 5.41 Å². The summed E-state index contributed by atoms with van der Waals surface area (Å²) < 4.78 is 5.22. The molecule has 154 valence electrons. The summed E-state index contributed by atoms with van der Waals surface area (Å²) in [6.45, 7) is 13.5. The Balaban J connectivity index is 2.96. The van der Waals surface area contributed by atoms with Crippen molar-refractivity contribution in [1.82, 2.24) is 0 Å². The van der Waals surface area contributed by atoms with Crippen molar-refractivity contribution >= 4 is 5.97 Å². The van der Waals surface area contributed by atoms with E-state index in [9.17, 15) is 20.1 Å². The van der Waals surface area contributed by atoms with Crippen molar-refractivity contribution in [2.24, 2.45) is 5.41 Å². The highest BCUT2D eigenvalue weighted by molar-refractivity contribution is 5.69. The van der Waals surface area contributed by atoms with Crippen LogP contribution in [0, 0.1) is 5.41 Å². The van der Waals surface area contributed by atoms with Crippen LogP contribution >= 0.6 is 0 Å². The first-order valence-corrected chi connectivity index (χ1v) is 9.48. The van der Waals surface area contributed by atoms with Crippen LogP contribution in [0.3, 0.4) is 0 Å². The van der Waals surface area contributed by atoms with Crippen LogP contribution in [0.2, 0.25) is 0 Å². The molecule has 0 aliphatic rings. The Kier molecular flexibility index (Phi) is 7.48. The zero-order valence-corrected chi connectivity index (χ0v) is 17.8. The van der Waals surface area contributed by atoms with E-state index in [0.717, 1.165) is 16.7 Å². The van der Waals surface area contributed by atoms with Gasteiger partial charge in [-0.2, -0.15) is 0 Å². The fourth-order valence-electron chi connectivity index (χ4n) is 2.70. The summed E-state index contributed by atoms with van der Waals surface area (Å²) in [5, 5.41) is 29.3. The SMILES string of the molecule is CC(CO)(CO)COC(=O)CCc1cc(C(C)(C)C)c(O)c(C(C)(C)C)c1. The number of carbonyl (C=O) groups is 1. The molecule has 27 heavy (non-hydrogen) atoms. The minimum absolute atomic E-state index is 0.0190. The fourth-order valence-corrected chi connectivity index (χ4v) is 2.70. The van der Waals surface area contributed by atoms with Crippen molar-refractivity contribution < 1.29 is 24.9 Å². The lowest BCUT2D eigenvalue weighted by atomic mass is 9.78. The minimum atomic E-state index is -0.826. The van der Waals surface area contributed by atoms with Crippen LogP contribution in [-0.4, -0.2) is 41.1 Å². The molecule has 0 atom stereocenters. The molecule has 0 bridgehead atoms. The van der Waals surface area contributed by atoms with Crippen molar-refractivity contribution in [2.75, 3.05) is 19.8 Å². The van der Waals surface area contributed by atoms with E-state index in [1.54, 1.807) is 6.92 Å². The van der Waals surface area contributed by atoms with Gasteiger partial charge in [-0.25, -0.2) is 0 Å². The second-order valence-corrected chi connectivity index (χ2v) is 9.83. The zero-order chi connectivity index (χ0) is 21.0. The number of aliphatic hydroxyl groups excluding tert-OH is 2. The molecule has 0 radical (unpaired) electrons. The van der Waals surface area contributed by atoms with Crippen LogP contribution in [0.5, 0.6) is 5.75 Å². The third-order valence-electron chi connectivity index (χ3n) is 4.75. The number of rotatable bonds is 7. The van der Waals surface area contributed by atoms with Gasteiger partial charge < -0.3 is 20.1 Å². The number of aromatic hydroxyl groups is 1. The van der Waals surface area contributed by atoms with E-state index in [0.29, 0.717) is 12.2 Å². The van der Waals surface area contributed by atoms with Crippen molar-refractivity contribution in [1.29, 1.82) is 0 Å². The largest absolute Gasteiger partial charge is 0.507 e. The Morgan fingerprint density at radius 1 is 0.926 bits per heavy atom. The number of carbonyl (C=O) groups excluding carboxylic acids is 1. The summed E-state index contributed by atoms with van der Waals surface area (Å²) in [4.78, 5) is 12.1. The molecule has 0 aliphatic heterocycles. The van der Waals surface area contributed by atoms with Gasteiger partial charge in [-0.15, -0.1) is 0 Å². The molecular formula is C22H36O5. The van der Waals surface area contributed by atoms with Gasteiger partial charge in [-0.3, -0.25) is 4.79 Å². The molecule has 1 aromatic rings. The molecule has 5 heteroatoms. The van der Waals surface area contributed by atoms with E-state index in [1.807, 2.05) is 12.1 Å². The van der Waals surface area contributed by atoms with Crippen LogP contribution in [0.25, 0.3) is 0 Å². The maximum absolute atomic E-state index is 12.1. The molecule has 0 unspecified atom stereocenters. The first-order valence-electron chi connectivity index (χ1n) is 9.48. The highest BCUT2D eigenvalue weighted by atomic mass is 16.5. The number of benzene rings is 1. The van der Waals surface area contributed by atoms with Crippen molar-refractivity contribution in [3.05, 3.63) is 28.8 Å². The highest BCUT2D eigenvalue weighted by Crippen LogP contribution is 2.40. The van der Waals surface area contributed by atoms with Gasteiger partial charge in [-0.05, 0) is 33.9 Å². The van der Waals surface area contributed by atoms with Gasteiger partial charge in [0.25, 0.3) is 0 Å². The van der Waals surface area contributed by atoms with Crippen molar-refractivity contribution in [3.8, 4) is 5.75 Å². The predicted molar refractivity (Wildman–Crippen MR) is 107 cm³/mol. The molecule has 0 heterocycles. The van der Waals surface area contributed by atoms with Crippen molar-refractivity contribution in [3.63, 3.8) is 0 Å². The van der Waals surface area contributed by atoms with E-state index in [1.165, 1.54) is 0 Å². The molecule has 1 aromatic carbocycles. The summed E-state index contributed by atoms with van der Waals surface area (Å²) in [6, 6.07) is 3.92. The molecule has 0 amide bonds. The standard InChI is InChI=1S/C22H36O5/c1-20(2,3)16-10-15(11-17(19(16)26)21(4,5)6)8-9-18(25)27-14-22(7,12-23)13-24/h10-11,23-24,26H,8-9,12-14H2,1-7H3. The Hall–Kier alpha value is -1.59. The summed E-state index contributed by atoms with van der Waals surface area (Å²) in [5.41, 5.74) is 1.45. The summed E-state index contributed by atoms with van der Waals surface area (Å²) in [5.74, 6) is -0.0474. The maximum atomic E-state index is 12.1. The first kappa shape index (κ1) is 23.4. The third kappa shape index (κ3) is 6.51. The van der Waals surface area contributed by atoms with Gasteiger partial charge in [0.05, 0.1) is 13.2 Å². The van der Waals surface area contributed by atoms with Crippen LogP contribution in [0.15, 0.2) is 12.1 Å². The molecule has 1 rings (SSSR count). The number of aryl methyl sites for hydroxylation is 1. The number of hydrogen-bond acceptors (Lipinski definition) is 5. The van der Waals surface area contributed by atoms with Crippen LogP contribution in [-0.2, 0) is 26.8 Å². The highest BCUT2D eigenvalue weighted by Gasteiger charge is 2.27. The van der Waals surface area contributed by atoms with E-state index in [-0.39, 0.29) is 43.0 Å². The molecule has 0 aromatic heterocycles. The van der Waals surface area contributed by atoms with Crippen LogP contribution in [0.4, 0.5) is 0 Å².